The van der Waals surface area contributed by atoms with Crippen molar-refractivity contribution in [3.8, 4) is 5.75 Å². The van der Waals surface area contributed by atoms with Crippen LogP contribution in [0.3, 0.4) is 0 Å². The molecule has 5 heteroatoms. The van der Waals surface area contributed by atoms with Gasteiger partial charge < -0.3 is 15.4 Å². The van der Waals surface area contributed by atoms with Gasteiger partial charge in [-0.3, -0.25) is 4.79 Å². The van der Waals surface area contributed by atoms with Gasteiger partial charge in [-0.2, -0.15) is 0 Å². The number of carbonyl (C=O) groups excluding carboxylic acids is 1. The molecule has 1 saturated heterocycles. The van der Waals surface area contributed by atoms with Gasteiger partial charge in [-0.1, -0.05) is 6.92 Å². The third kappa shape index (κ3) is 4.65. The molecule has 1 heterocycles. The molecule has 1 aromatic carbocycles. The third-order valence-electron chi connectivity index (χ3n) is 3.36. The van der Waals surface area contributed by atoms with Gasteiger partial charge in [-0.05, 0) is 65.7 Å². The topological polar surface area (TPSA) is 50.4 Å². The quantitative estimate of drug-likeness (QED) is 0.791. The lowest BCUT2D eigenvalue weighted by Gasteiger charge is -2.30. The van der Waals surface area contributed by atoms with E-state index in [2.05, 4.69) is 40.1 Å². The van der Waals surface area contributed by atoms with E-state index in [0.29, 0.717) is 5.92 Å². The van der Waals surface area contributed by atoms with E-state index in [0.717, 1.165) is 28.8 Å². The largest absolute Gasteiger partial charge is 0.484 e. The van der Waals surface area contributed by atoms with Gasteiger partial charge in [0.15, 0.2) is 6.61 Å². The number of benzene rings is 1. The van der Waals surface area contributed by atoms with Crippen molar-refractivity contribution in [1.29, 1.82) is 0 Å². The third-order valence-corrected chi connectivity index (χ3v) is 4.08. The molecular weight excluding hydrogens is 355 g/mol. The second kappa shape index (κ2) is 7.09. The summed E-state index contributed by atoms with van der Waals surface area (Å²) in [5, 5.41) is 6.32. The van der Waals surface area contributed by atoms with E-state index in [1.165, 1.54) is 0 Å². The molecular formula is C14H19IN2O2. The number of carbonyl (C=O) groups is 1. The summed E-state index contributed by atoms with van der Waals surface area (Å²) in [4.78, 5) is 11.8. The summed E-state index contributed by atoms with van der Waals surface area (Å²) in [6.07, 6.45) is 1.10. The molecule has 1 aromatic rings. The van der Waals surface area contributed by atoms with E-state index in [-0.39, 0.29) is 18.6 Å². The Bertz CT molecular complexity index is 422. The van der Waals surface area contributed by atoms with Crippen molar-refractivity contribution in [2.75, 3.05) is 19.7 Å². The van der Waals surface area contributed by atoms with Gasteiger partial charge in [0.1, 0.15) is 5.75 Å². The van der Waals surface area contributed by atoms with Crippen LogP contribution in [0.5, 0.6) is 5.75 Å². The Labute approximate surface area is 127 Å². The lowest BCUT2D eigenvalue weighted by Crippen LogP contribution is -2.51. The molecule has 0 bridgehead atoms. The number of piperidine rings is 1. The molecule has 2 rings (SSSR count). The second-order valence-corrected chi connectivity index (χ2v) is 6.13. The van der Waals surface area contributed by atoms with Crippen molar-refractivity contribution in [3.63, 3.8) is 0 Å². The Hall–Kier alpha value is -0.820. The average molecular weight is 374 g/mol. The van der Waals surface area contributed by atoms with E-state index in [1.54, 1.807) is 0 Å². The molecule has 1 amide bonds. The molecule has 1 aliphatic rings. The molecule has 0 aliphatic carbocycles. The molecule has 0 saturated carbocycles. The van der Waals surface area contributed by atoms with Gasteiger partial charge in [0, 0.05) is 16.2 Å². The summed E-state index contributed by atoms with van der Waals surface area (Å²) in [7, 11) is 0. The zero-order valence-electron chi connectivity index (χ0n) is 11.0. The Morgan fingerprint density at radius 1 is 1.47 bits per heavy atom. The van der Waals surface area contributed by atoms with E-state index in [4.69, 9.17) is 4.74 Å². The van der Waals surface area contributed by atoms with Crippen LogP contribution in [0.1, 0.15) is 13.3 Å². The van der Waals surface area contributed by atoms with Gasteiger partial charge in [0.25, 0.3) is 5.91 Å². The van der Waals surface area contributed by atoms with Crippen LogP contribution in [0, 0.1) is 9.49 Å². The maximum Gasteiger partial charge on any atom is 0.258 e. The van der Waals surface area contributed by atoms with Crippen LogP contribution in [0.25, 0.3) is 0 Å². The number of hydrogen-bond donors (Lipinski definition) is 2. The van der Waals surface area contributed by atoms with E-state index in [9.17, 15) is 4.79 Å². The van der Waals surface area contributed by atoms with Crippen molar-refractivity contribution >= 4 is 28.5 Å². The molecule has 2 unspecified atom stereocenters. The summed E-state index contributed by atoms with van der Waals surface area (Å²) < 4.78 is 6.61. The van der Waals surface area contributed by atoms with Gasteiger partial charge in [-0.15, -0.1) is 0 Å². The molecule has 4 nitrogen and oxygen atoms in total. The van der Waals surface area contributed by atoms with Gasteiger partial charge in [-0.25, -0.2) is 0 Å². The predicted octanol–water partition coefficient (Wildman–Crippen LogP) is 1.78. The van der Waals surface area contributed by atoms with Crippen LogP contribution in [0.15, 0.2) is 24.3 Å². The number of rotatable bonds is 4. The Morgan fingerprint density at radius 3 is 2.89 bits per heavy atom. The lowest BCUT2D eigenvalue weighted by molar-refractivity contribution is -0.124. The van der Waals surface area contributed by atoms with Crippen molar-refractivity contribution in [2.24, 2.45) is 5.92 Å². The Kier molecular flexibility index (Phi) is 5.45. The number of amides is 1. The summed E-state index contributed by atoms with van der Waals surface area (Å²) in [6, 6.07) is 7.88. The molecule has 104 valence electrons. The molecule has 2 atom stereocenters. The monoisotopic (exact) mass is 374 g/mol. The SMILES string of the molecule is CC1CCNCC1NC(=O)COc1ccc(I)cc1. The fourth-order valence-corrected chi connectivity index (χ4v) is 2.47. The van der Waals surface area contributed by atoms with Gasteiger partial charge in [0.05, 0.1) is 0 Å². The Morgan fingerprint density at radius 2 is 2.21 bits per heavy atom. The van der Waals surface area contributed by atoms with Gasteiger partial charge >= 0.3 is 0 Å². The van der Waals surface area contributed by atoms with Crippen LogP contribution in [0.2, 0.25) is 0 Å². The normalized spacial score (nSPS) is 22.8. The zero-order valence-corrected chi connectivity index (χ0v) is 13.1. The maximum absolute atomic E-state index is 11.8. The summed E-state index contributed by atoms with van der Waals surface area (Å²) in [5.41, 5.74) is 0. The number of nitrogens with one attached hydrogen (secondary N) is 2. The van der Waals surface area contributed by atoms with Crippen LogP contribution in [0.4, 0.5) is 0 Å². The highest BCUT2D eigenvalue weighted by Gasteiger charge is 2.22. The number of halogens is 1. The van der Waals surface area contributed by atoms with Crippen molar-refractivity contribution in [2.45, 2.75) is 19.4 Å². The number of ether oxygens (including phenoxy) is 1. The van der Waals surface area contributed by atoms with Crippen molar-refractivity contribution in [3.05, 3.63) is 27.8 Å². The summed E-state index contributed by atoms with van der Waals surface area (Å²) >= 11 is 2.24. The molecule has 1 aliphatic heterocycles. The van der Waals surface area contributed by atoms with E-state index >= 15 is 0 Å². The maximum atomic E-state index is 11.8. The van der Waals surface area contributed by atoms with Crippen LogP contribution in [-0.2, 0) is 4.79 Å². The van der Waals surface area contributed by atoms with E-state index in [1.807, 2.05) is 24.3 Å². The highest BCUT2D eigenvalue weighted by atomic mass is 127. The smallest absolute Gasteiger partial charge is 0.258 e. The lowest BCUT2D eigenvalue weighted by atomic mass is 9.95. The molecule has 0 radical (unpaired) electrons. The first-order valence-electron chi connectivity index (χ1n) is 6.53. The zero-order chi connectivity index (χ0) is 13.7. The van der Waals surface area contributed by atoms with Crippen LogP contribution >= 0.6 is 22.6 Å². The van der Waals surface area contributed by atoms with Crippen molar-refractivity contribution in [1.82, 2.24) is 10.6 Å². The molecule has 2 N–H and O–H groups in total. The van der Waals surface area contributed by atoms with Crippen LogP contribution in [-0.4, -0.2) is 31.6 Å². The molecule has 0 aromatic heterocycles. The molecule has 1 fully saturated rings. The minimum atomic E-state index is -0.0564. The van der Waals surface area contributed by atoms with Crippen molar-refractivity contribution < 1.29 is 9.53 Å². The first-order valence-corrected chi connectivity index (χ1v) is 7.61. The summed E-state index contributed by atoms with van der Waals surface area (Å²) in [5.74, 6) is 1.19. The standard InChI is InChI=1S/C14H19IN2O2/c1-10-6-7-16-8-13(10)17-14(18)9-19-12-4-2-11(15)3-5-12/h2-5,10,13,16H,6-9H2,1H3,(H,17,18). The minimum Gasteiger partial charge on any atom is -0.484 e. The fourth-order valence-electron chi connectivity index (χ4n) is 2.11. The minimum absolute atomic E-state index is 0.0564. The Balaban J connectivity index is 1.76. The van der Waals surface area contributed by atoms with Gasteiger partial charge in [0.2, 0.25) is 0 Å². The first kappa shape index (κ1) is 14.6. The highest BCUT2D eigenvalue weighted by Crippen LogP contribution is 2.14. The average Bonchev–Trinajstić information content (AvgIpc) is 2.41. The van der Waals surface area contributed by atoms with E-state index < -0.39 is 0 Å². The molecule has 19 heavy (non-hydrogen) atoms. The fraction of sp³-hybridized carbons (Fsp3) is 0.500. The molecule has 0 spiro atoms. The second-order valence-electron chi connectivity index (χ2n) is 4.89. The van der Waals surface area contributed by atoms with Crippen LogP contribution < -0.4 is 15.4 Å². The first-order chi connectivity index (χ1) is 9.15. The predicted molar refractivity (Wildman–Crippen MR) is 83.2 cm³/mol. The number of hydrogen-bond acceptors (Lipinski definition) is 3. The summed E-state index contributed by atoms with van der Waals surface area (Å²) in [6.45, 7) is 4.12. The highest BCUT2D eigenvalue weighted by molar-refractivity contribution is 14.1.